The molecule has 0 saturated heterocycles. The van der Waals surface area contributed by atoms with Gasteiger partial charge in [0.25, 0.3) is 0 Å². The third kappa shape index (κ3) is 3.19. The van der Waals surface area contributed by atoms with Crippen LogP contribution in [0.15, 0.2) is 59.9 Å². The van der Waals surface area contributed by atoms with Crippen LogP contribution in [0.2, 0.25) is 0 Å². The molecule has 1 heterocycles. The number of aromatic nitrogens is 2. The van der Waals surface area contributed by atoms with E-state index >= 15 is 0 Å². The molecule has 0 unspecified atom stereocenters. The third-order valence-corrected chi connectivity index (χ3v) is 4.25. The van der Waals surface area contributed by atoms with E-state index < -0.39 is 0 Å². The lowest BCUT2D eigenvalue weighted by Crippen LogP contribution is -1.94. The number of imidazole rings is 1. The molecule has 3 aromatic rings. The Morgan fingerprint density at radius 3 is 1.96 bits per heavy atom. The second kappa shape index (κ2) is 6.79. The van der Waals surface area contributed by atoms with Gasteiger partial charge in [-0.25, -0.2) is 4.98 Å². The zero-order valence-corrected chi connectivity index (χ0v) is 14.1. The lowest BCUT2D eigenvalue weighted by molar-refractivity contribution is 0.414. The van der Waals surface area contributed by atoms with E-state index in [2.05, 4.69) is 10.8 Å². The van der Waals surface area contributed by atoms with Gasteiger partial charge in [0.2, 0.25) is 0 Å². The lowest BCUT2D eigenvalue weighted by atomic mass is 10.1. The van der Waals surface area contributed by atoms with E-state index in [1.54, 1.807) is 26.0 Å². The maximum Gasteiger partial charge on any atom is 0.172 e. The summed E-state index contributed by atoms with van der Waals surface area (Å²) in [4.78, 5) is 4.73. The maximum absolute atomic E-state index is 5.22. The molecule has 0 atom stereocenters. The van der Waals surface area contributed by atoms with Crippen molar-refractivity contribution in [2.45, 2.75) is 5.16 Å². The van der Waals surface area contributed by atoms with Gasteiger partial charge in [-0.3, -0.25) is 4.57 Å². The van der Waals surface area contributed by atoms with Crippen LogP contribution in [0.4, 0.5) is 0 Å². The smallest absolute Gasteiger partial charge is 0.172 e. The second-order valence-electron chi connectivity index (χ2n) is 4.91. The summed E-state index contributed by atoms with van der Waals surface area (Å²) in [5.41, 5.74) is 3.06. The van der Waals surface area contributed by atoms with E-state index in [1.807, 2.05) is 54.8 Å². The van der Waals surface area contributed by atoms with Crippen LogP contribution >= 0.6 is 11.8 Å². The van der Waals surface area contributed by atoms with Gasteiger partial charge in [-0.15, -0.1) is 0 Å². The number of ether oxygens (including phenoxy) is 2. The number of nitrogens with zero attached hydrogens (tertiary/aromatic N) is 2. The van der Waals surface area contributed by atoms with Crippen LogP contribution in [-0.2, 0) is 0 Å². The highest BCUT2D eigenvalue weighted by Crippen LogP contribution is 2.28. The summed E-state index contributed by atoms with van der Waals surface area (Å²) in [7, 11) is 3.33. The predicted octanol–water partition coefficient (Wildman–Crippen LogP) is 4.28. The van der Waals surface area contributed by atoms with Crippen LogP contribution in [0.25, 0.3) is 16.9 Å². The van der Waals surface area contributed by atoms with E-state index in [1.165, 1.54) is 0 Å². The summed E-state index contributed by atoms with van der Waals surface area (Å²) < 4.78 is 12.5. The first kappa shape index (κ1) is 15.5. The molecule has 4 nitrogen and oxygen atoms in total. The molecule has 0 spiro atoms. The number of hydrogen-bond acceptors (Lipinski definition) is 4. The molecule has 5 heteroatoms. The first-order valence-corrected chi connectivity index (χ1v) is 8.40. The molecule has 1 aromatic heterocycles. The third-order valence-electron chi connectivity index (χ3n) is 3.59. The van der Waals surface area contributed by atoms with Gasteiger partial charge >= 0.3 is 0 Å². The second-order valence-corrected chi connectivity index (χ2v) is 5.68. The summed E-state index contributed by atoms with van der Waals surface area (Å²) in [6.07, 6.45) is 4.08. The van der Waals surface area contributed by atoms with E-state index in [-0.39, 0.29) is 0 Å². The molecular formula is C18H18N2O2S. The highest BCUT2D eigenvalue weighted by Gasteiger charge is 2.11. The maximum atomic E-state index is 5.22. The fraction of sp³-hybridized carbons (Fsp3) is 0.167. The van der Waals surface area contributed by atoms with Gasteiger partial charge < -0.3 is 9.47 Å². The Kier molecular flexibility index (Phi) is 4.57. The van der Waals surface area contributed by atoms with Crippen molar-refractivity contribution in [2.75, 3.05) is 20.5 Å². The first-order valence-electron chi connectivity index (χ1n) is 7.17. The molecule has 0 amide bonds. The van der Waals surface area contributed by atoms with Gasteiger partial charge in [-0.1, -0.05) is 11.8 Å². The van der Waals surface area contributed by atoms with Crippen molar-refractivity contribution >= 4 is 11.8 Å². The Morgan fingerprint density at radius 1 is 0.870 bits per heavy atom. The summed E-state index contributed by atoms with van der Waals surface area (Å²) in [6, 6.07) is 15.9. The minimum atomic E-state index is 0.841. The van der Waals surface area contributed by atoms with Crippen molar-refractivity contribution in [1.82, 2.24) is 9.55 Å². The molecule has 0 fully saturated rings. The zero-order valence-electron chi connectivity index (χ0n) is 13.3. The molecule has 23 heavy (non-hydrogen) atoms. The number of rotatable bonds is 5. The van der Waals surface area contributed by atoms with E-state index in [9.17, 15) is 0 Å². The van der Waals surface area contributed by atoms with Gasteiger partial charge in [0, 0.05) is 17.4 Å². The van der Waals surface area contributed by atoms with Crippen LogP contribution in [0, 0.1) is 0 Å². The molecular weight excluding hydrogens is 308 g/mol. The molecule has 0 bridgehead atoms. The minimum Gasteiger partial charge on any atom is -0.497 e. The van der Waals surface area contributed by atoms with Gasteiger partial charge in [0.05, 0.1) is 19.9 Å². The van der Waals surface area contributed by atoms with Crippen molar-refractivity contribution < 1.29 is 9.47 Å². The number of thioether (sulfide) groups is 1. The average Bonchev–Trinajstić information content (AvgIpc) is 3.06. The molecule has 0 aliphatic rings. The fourth-order valence-electron chi connectivity index (χ4n) is 2.34. The monoisotopic (exact) mass is 326 g/mol. The van der Waals surface area contributed by atoms with Crippen molar-refractivity contribution in [3.63, 3.8) is 0 Å². The Balaban J connectivity index is 1.98. The topological polar surface area (TPSA) is 36.3 Å². The molecule has 3 rings (SSSR count). The van der Waals surface area contributed by atoms with Crippen molar-refractivity contribution in [3.05, 3.63) is 54.7 Å². The van der Waals surface area contributed by atoms with E-state index in [0.29, 0.717) is 0 Å². The fourth-order valence-corrected chi connectivity index (χ4v) is 2.88. The van der Waals surface area contributed by atoms with Crippen molar-refractivity contribution in [3.8, 4) is 28.4 Å². The lowest BCUT2D eigenvalue weighted by Gasteiger charge is -2.06. The molecule has 0 aliphatic carbocycles. The standard InChI is InChI=1S/C18H18N2O2S/c1-21-15-8-4-13(5-9-15)17-12-20(18(19-17)23-3)14-6-10-16(22-2)11-7-14/h4-12H,1-3H3. The van der Waals surface area contributed by atoms with Gasteiger partial charge in [0.1, 0.15) is 11.5 Å². The van der Waals surface area contributed by atoms with Crippen molar-refractivity contribution in [1.29, 1.82) is 0 Å². The minimum absolute atomic E-state index is 0.841. The largest absolute Gasteiger partial charge is 0.497 e. The molecule has 2 aromatic carbocycles. The first-order chi connectivity index (χ1) is 11.2. The van der Waals surface area contributed by atoms with Crippen LogP contribution in [0.5, 0.6) is 11.5 Å². The highest BCUT2D eigenvalue weighted by atomic mass is 32.2. The summed E-state index contributed by atoms with van der Waals surface area (Å²) in [6.45, 7) is 0. The molecule has 0 radical (unpaired) electrons. The number of benzene rings is 2. The number of hydrogen-bond donors (Lipinski definition) is 0. The summed E-state index contributed by atoms with van der Waals surface area (Å²) in [5.74, 6) is 1.68. The highest BCUT2D eigenvalue weighted by molar-refractivity contribution is 7.98. The van der Waals surface area contributed by atoms with Gasteiger partial charge in [-0.2, -0.15) is 0 Å². The Bertz CT molecular complexity index is 780. The van der Waals surface area contributed by atoms with Crippen LogP contribution in [0.3, 0.4) is 0 Å². The zero-order chi connectivity index (χ0) is 16.2. The van der Waals surface area contributed by atoms with Crippen molar-refractivity contribution in [2.24, 2.45) is 0 Å². The van der Waals surface area contributed by atoms with E-state index in [4.69, 9.17) is 14.5 Å². The van der Waals surface area contributed by atoms with Gasteiger partial charge in [-0.05, 0) is 54.8 Å². The summed E-state index contributed by atoms with van der Waals surface area (Å²) in [5, 5.41) is 0.945. The molecule has 0 saturated carbocycles. The quantitative estimate of drug-likeness (QED) is 0.656. The normalized spacial score (nSPS) is 10.6. The molecule has 0 N–H and O–H groups in total. The number of methoxy groups -OCH3 is 2. The Hall–Kier alpha value is -2.40. The van der Waals surface area contributed by atoms with Crippen LogP contribution < -0.4 is 9.47 Å². The van der Waals surface area contributed by atoms with Crippen LogP contribution in [-0.4, -0.2) is 30.0 Å². The molecule has 118 valence electrons. The van der Waals surface area contributed by atoms with Gasteiger partial charge in [0.15, 0.2) is 5.16 Å². The van der Waals surface area contributed by atoms with E-state index in [0.717, 1.165) is 33.6 Å². The van der Waals surface area contributed by atoms with Crippen LogP contribution in [0.1, 0.15) is 0 Å². The molecule has 0 aliphatic heterocycles. The average molecular weight is 326 g/mol. The summed E-state index contributed by atoms with van der Waals surface area (Å²) >= 11 is 1.62. The Morgan fingerprint density at radius 2 is 1.43 bits per heavy atom. The Labute approximate surface area is 140 Å². The SMILES string of the molecule is COc1ccc(-c2cn(-c3ccc(OC)cc3)c(SC)n2)cc1. The predicted molar refractivity (Wildman–Crippen MR) is 93.9 cm³/mol.